The van der Waals surface area contributed by atoms with E-state index < -0.39 is 11.2 Å². The summed E-state index contributed by atoms with van der Waals surface area (Å²) in [5.74, 6) is 0.400. The first-order valence-corrected chi connectivity index (χ1v) is 9.33. The maximum absolute atomic E-state index is 12.8. The molecule has 0 bridgehead atoms. The molecule has 0 saturated heterocycles. The van der Waals surface area contributed by atoms with Crippen molar-refractivity contribution in [2.75, 3.05) is 11.1 Å². The number of H-pyrrole nitrogens is 1. The van der Waals surface area contributed by atoms with Gasteiger partial charge in [0.05, 0.1) is 6.10 Å². The molecule has 0 aliphatic heterocycles. The van der Waals surface area contributed by atoms with Crippen LogP contribution >= 0.6 is 0 Å². The molecule has 3 aromatic rings. The van der Waals surface area contributed by atoms with Crippen LogP contribution < -0.4 is 22.3 Å². The zero-order valence-corrected chi connectivity index (χ0v) is 16.1. The summed E-state index contributed by atoms with van der Waals surface area (Å²) < 4.78 is 2.57. The van der Waals surface area contributed by atoms with Crippen LogP contribution in [-0.2, 0) is 20.1 Å². The molecule has 28 heavy (non-hydrogen) atoms. The molecule has 1 aromatic carbocycles. The molecular weight excluding hydrogens is 360 g/mol. The molecule has 9 heteroatoms. The Kier molecular flexibility index (Phi) is 5.84. The molecule has 2 heterocycles. The topological polar surface area (TPSA) is 131 Å². The summed E-state index contributed by atoms with van der Waals surface area (Å²) in [4.78, 5) is 32.6. The lowest BCUT2D eigenvalue weighted by atomic mass is 10.2. The number of rotatable bonds is 8. The number of fused-ring (bicyclic) bond motifs is 1. The molecule has 2 aromatic heterocycles. The first-order chi connectivity index (χ1) is 13.4. The third-order valence-corrected chi connectivity index (χ3v) is 4.73. The van der Waals surface area contributed by atoms with Crippen LogP contribution in [-0.4, -0.2) is 30.3 Å². The van der Waals surface area contributed by atoms with Crippen LogP contribution in [0.25, 0.3) is 11.2 Å². The van der Waals surface area contributed by atoms with Crippen molar-refractivity contribution in [3.63, 3.8) is 0 Å². The van der Waals surface area contributed by atoms with Crippen LogP contribution in [0.3, 0.4) is 0 Å². The summed E-state index contributed by atoms with van der Waals surface area (Å²) in [5.41, 5.74) is 7.30. The zero-order chi connectivity index (χ0) is 20.3. The number of hydrogen-bond donors (Lipinski definition) is 4. The minimum Gasteiger partial charge on any atom is -0.398 e. The highest BCUT2D eigenvalue weighted by molar-refractivity contribution is 5.72. The smallest absolute Gasteiger partial charge is 0.332 e. The molecule has 0 spiro atoms. The van der Waals surface area contributed by atoms with Crippen LogP contribution in [0.15, 0.2) is 33.9 Å². The first kappa shape index (κ1) is 19.7. The van der Waals surface area contributed by atoms with Crippen molar-refractivity contribution in [3.8, 4) is 0 Å². The Morgan fingerprint density at radius 1 is 1.29 bits per heavy atom. The first-order valence-electron chi connectivity index (χ1n) is 9.33. The quantitative estimate of drug-likeness (QED) is 0.339. The zero-order valence-electron chi connectivity index (χ0n) is 16.1. The molecule has 0 radical (unpaired) electrons. The van der Waals surface area contributed by atoms with Gasteiger partial charge in [-0.3, -0.25) is 13.9 Å². The van der Waals surface area contributed by atoms with Crippen LogP contribution in [0.1, 0.15) is 31.7 Å². The van der Waals surface area contributed by atoms with E-state index >= 15 is 0 Å². The van der Waals surface area contributed by atoms with Gasteiger partial charge in [0.25, 0.3) is 5.56 Å². The van der Waals surface area contributed by atoms with Gasteiger partial charge in [-0.15, -0.1) is 0 Å². The van der Waals surface area contributed by atoms with Gasteiger partial charge in [0, 0.05) is 25.8 Å². The lowest BCUT2D eigenvalue weighted by Gasteiger charge is -2.08. The van der Waals surface area contributed by atoms with E-state index in [0.717, 1.165) is 12.0 Å². The molecule has 0 amide bonds. The number of aromatic nitrogens is 4. The minimum absolute atomic E-state index is 0.279. The van der Waals surface area contributed by atoms with Gasteiger partial charge in [-0.2, -0.15) is 4.98 Å². The molecule has 0 saturated carbocycles. The summed E-state index contributed by atoms with van der Waals surface area (Å²) in [7, 11) is 1.59. The number of hydrogen-bond acceptors (Lipinski definition) is 6. The lowest BCUT2D eigenvalue weighted by molar-refractivity contribution is 0.180. The second kappa shape index (κ2) is 8.30. The van der Waals surface area contributed by atoms with Crippen molar-refractivity contribution in [2.24, 2.45) is 7.05 Å². The van der Waals surface area contributed by atoms with Crippen LogP contribution in [0.4, 0.5) is 11.6 Å². The third kappa shape index (κ3) is 4.09. The van der Waals surface area contributed by atoms with Gasteiger partial charge in [0.15, 0.2) is 11.2 Å². The number of nitrogens with two attached hydrogens (primary N) is 1. The third-order valence-electron chi connectivity index (χ3n) is 4.73. The number of para-hydroxylation sites is 1. The Bertz CT molecular complexity index is 1080. The highest BCUT2D eigenvalue weighted by Crippen LogP contribution is 2.14. The van der Waals surface area contributed by atoms with Crippen LogP contribution in [0.5, 0.6) is 0 Å². The van der Waals surface area contributed by atoms with Crippen molar-refractivity contribution in [1.82, 2.24) is 19.1 Å². The number of anilines is 2. The maximum Gasteiger partial charge on any atom is 0.332 e. The second-order valence-electron chi connectivity index (χ2n) is 6.98. The molecule has 1 unspecified atom stereocenters. The van der Waals surface area contributed by atoms with E-state index in [9.17, 15) is 14.7 Å². The Balaban J connectivity index is 1.84. The number of nitrogens with one attached hydrogen (secondary N) is 2. The minimum atomic E-state index is -0.403. The molecule has 0 aliphatic rings. The molecule has 1 atom stereocenters. The number of imidazole rings is 1. The summed E-state index contributed by atoms with van der Waals surface area (Å²) in [6.07, 6.45) is 1.62. The normalized spacial score (nSPS) is 12.4. The maximum atomic E-state index is 12.8. The Hall–Kier alpha value is -3.07. The Labute approximate surface area is 161 Å². The predicted molar refractivity (Wildman–Crippen MR) is 109 cm³/mol. The molecule has 3 rings (SSSR count). The van der Waals surface area contributed by atoms with Gasteiger partial charge in [-0.25, -0.2) is 4.79 Å². The van der Waals surface area contributed by atoms with Gasteiger partial charge in [0.2, 0.25) is 5.95 Å². The highest BCUT2D eigenvalue weighted by Gasteiger charge is 2.15. The van der Waals surface area contributed by atoms with Gasteiger partial charge in [0.1, 0.15) is 0 Å². The lowest BCUT2D eigenvalue weighted by Crippen LogP contribution is -2.39. The summed E-state index contributed by atoms with van der Waals surface area (Å²) >= 11 is 0. The van der Waals surface area contributed by atoms with Crippen molar-refractivity contribution in [2.45, 2.75) is 45.4 Å². The molecule has 9 nitrogen and oxygen atoms in total. The van der Waals surface area contributed by atoms with Crippen LogP contribution in [0.2, 0.25) is 0 Å². The molecule has 150 valence electrons. The van der Waals surface area contributed by atoms with Crippen LogP contribution in [0, 0.1) is 0 Å². The SMILES string of the molecule is CC(O)CCCCn1c(=O)c2[nH]c(NCc3ccccc3N)nc2n(C)c1=O. The summed E-state index contributed by atoms with van der Waals surface area (Å²) in [6, 6.07) is 7.47. The Morgan fingerprint density at radius 2 is 2.04 bits per heavy atom. The van der Waals surface area contributed by atoms with E-state index in [2.05, 4.69) is 15.3 Å². The molecular formula is C19H26N6O3. The number of benzene rings is 1. The van der Waals surface area contributed by atoms with Crippen molar-refractivity contribution < 1.29 is 5.11 Å². The van der Waals surface area contributed by atoms with Crippen molar-refractivity contribution >= 4 is 22.8 Å². The van der Waals surface area contributed by atoms with Crippen molar-refractivity contribution in [1.29, 1.82) is 0 Å². The molecule has 0 fully saturated rings. The predicted octanol–water partition coefficient (Wildman–Crippen LogP) is 1.17. The number of nitrogens with zero attached hydrogens (tertiary/aromatic N) is 3. The van der Waals surface area contributed by atoms with E-state index in [1.54, 1.807) is 14.0 Å². The fourth-order valence-corrected chi connectivity index (χ4v) is 3.11. The van der Waals surface area contributed by atoms with E-state index in [4.69, 9.17) is 5.73 Å². The van der Waals surface area contributed by atoms with E-state index in [1.165, 1.54) is 9.13 Å². The Morgan fingerprint density at radius 3 is 2.75 bits per heavy atom. The number of nitrogen functional groups attached to an aromatic ring is 1. The van der Waals surface area contributed by atoms with E-state index in [1.807, 2.05) is 24.3 Å². The van der Waals surface area contributed by atoms with Gasteiger partial charge < -0.3 is 21.1 Å². The van der Waals surface area contributed by atoms with Crippen molar-refractivity contribution in [3.05, 3.63) is 50.7 Å². The summed E-state index contributed by atoms with van der Waals surface area (Å²) in [6.45, 7) is 2.46. The fraction of sp³-hybridized carbons (Fsp3) is 0.421. The average Bonchev–Trinajstić information content (AvgIpc) is 3.09. The second-order valence-corrected chi connectivity index (χ2v) is 6.98. The van der Waals surface area contributed by atoms with Gasteiger partial charge in [-0.05, 0) is 37.8 Å². The number of unbranched alkanes of at least 4 members (excludes halogenated alkanes) is 1. The standard InChI is InChI=1S/C19H26N6O3/c1-12(26)7-5-6-10-25-17(27)15-16(24(2)19(25)28)23-18(22-15)21-11-13-8-3-4-9-14(13)20/h3-4,8-9,12,26H,5-7,10-11,20H2,1-2H3,(H2,21,22,23). The monoisotopic (exact) mass is 386 g/mol. The number of aliphatic hydroxyl groups is 1. The van der Waals surface area contributed by atoms with E-state index in [-0.39, 0.29) is 11.6 Å². The largest absolute Gasteiger partial charge is 0.398 e. The average molecular weight is 386 g/mol. The fourth-order valence-electron chi connectivity index (χ4n) is 3.11. The highest BCUT2D eigenvalue weighted by atomic mass is 16.3. The number of aliphatic hydroxyl groups excluding tert-OH is 1. The molecule has 5 N–H and O–H groups in total. The van der Waals surface area contributed by atoms with Gasteiger partial charge in [-0.1, -0.05) is 18.2 Å². The summed E-state index contributed by atoms with van der Waals surface area (Å²) in [5, 5.41) is 12.4. The number of aromatic amines is 1. The molecule has 0 aliphatic carbocycles. The van der Waals surface area contributed by atoms with Gasteiger partial charge >= 0.3 is 5.69 Å². The van der Waals surface area contributed by atoms with E-state index in [0.29, 0.717) is 43.2 Å². The number of aryl methyl sites for hydroxylation is 1.